The lowest BCUT2D eigenvalue weighted by molar-refractivity contribution is -0.134. The third-order valence-electron chi connectivity index (χ3n) is 4.50. The number of azo groups is 1. The molecule has 158 valence electrons. The summed E-state index contributed by atoms with van der Waals surface area (Å²) in [6.45, 7) is 3.72. The zero-order valence-electron chi connectivity index (χ0n) is 17.1. The minimum absolute atomic E-state index is 0.198. The molecule has 6 heteroatoms. The fourth-order valence-corrected chi connectivity index (χ4v) is 2.81. The average Bonchev–Trinajstić information content (AvgIpc) is 2.75. The number of carbonyl (C=O) groups excluding carboxylic acids is 1. The number of carboxylic acids is 1. The van der Waals surface area contributed by atoms with Gasteiger partial charge in [-0.25, -0.2) is 4.79 Å². The molecule has 0 fully saturated rings. The number of hydrogen-bond acceptors (Lipinski definition) is 5. The predicted octanol–water partition coefficient (Wildman–Crippen LogP) is 7.01. The van der Waals surface area contributed by atoms with Crippen LogP contribution in [0.3, 0.4) is 0 Å². The minimum atomic E-state index is -0.983. The van der Waals surface area contributed by atoms with Crippen molar-refractivity contribution in [3.63, 3.8) is 0 Å². The molecule has 0 saturated heterocycles. The standard InChI is InChI=1S/C24H28N2O4/c1-2-3-4-5-6-7-8-9-10-23(27)30-22-17-15-21(16-18-22)26-25-20-13-11-19(12-14-20)24(28)29/h2,11-18H,1,3-10H2,(H,28,29). The van der Waals surface area contributed by atoms with Gasteiger partial charge in [0.25, 0.3) is 0 Å². The van der Waals surface area contributed by atoms with E-state index in [1.54, 1.807) is 36.4 Å². The summed E-state index contributed by atoms with van der Waals surface area (Å²) < 4.78 is 5.35. The highest BCUT2D eigenvalue weighted by Crippen LogP contribution is 2.22. The molecule has 0 radical (unpaired) electrons. The molecule has 2 aromatic rings. The van der Waals surface area contributed by atoms with Crippen LogP contribution in [0.1, 0.15) is 61.7 Å². The summed E-state index contributed by atoms with van der Waals surface area (Å²) in [6, 6.07) is 12.9. The van der Waals surface area contributed by atoms with E-state index in [2.05, 4.69) is 16.8 Å². The number of esters is 1. The quantitative estimate of drug-likeness (QED) is 0.127. The monoisotopic (exact) mass is 408 g/mol. The van der Waals surface area contributed by atoms with Gasteiger partial charge >= 0.3 is 11.9 Å². The van der Waals surface area contributed by atoms with Gasteiger partial charge in [0.05, 0.1) is 16.9 Å². The first-order valence-corrected chi connectivity index (χ1v) is 10.3. The SMILES string of the molecule is C=CCCCCCCCCC(=O)Oc1ccc(N=Nc2ccc(C(=O)O)cc2)cc1. The van der Waals surface area contributed by atoms with Crippen molar-refractivity contribution in [2.75, 3.05) is 0 Å². The molecule has 6 nitrogen and oxygen atoms in total. The number of aromatic carboxylic acids is 1. The van der Waals surface area contributed by atoms with Crippen LogP contribution >= 0.6 is 0 Å². The Morgan fingerprint density at radius 2 is 1.37 bits per heavy atom. The lowest BCUT2D eigenvalue weighted by Gasteiger charge is -2.04. The second-order valence-electron chi connectivity index (χ2n) is 6.97. The van der Waals surface area contributed by atoms with E-state index in [0.29, 0.717) is 23.5 Å². The molecule has 2 aromatic carbocycles. The first kappa shape index (κ1) is 23.0. The van der Waals surface area contributed by atoms with Gasteiger partial charge in [0.1, 0.15) is 5.75 Å². The van der Waals surface area contributed by atoms with E-state index >= 15 is 0 Å². The minimum Gasteiger partial charge on any atom is -0.478 e. The Labute approximate surface area is 177 Å². The van der Waals surface area contributed by atoms with E-state index < -0.39 is 5.97 Å². The Balaban J connectivity index is 1.70. The fraction of sp³-hybridized carbons (Fsp3) is 0.333. The summed E-state index contributed by atoms with van der Waals surface area (Å²) in [6.07, 6.45) is 10.1. The van der Waals surface area contributed by atoms with Crippen molar-refractivity contribution in [2.45, 2.75) is 51.4 Å². The average molecular weight is 408 g/mol. The Morgan fingerprint density at radius 1 is 0.833 bits per heavy atom. The van der Waals surface area contributed by atoms with Gasteiger partial charge in [-0.1, -0.05) is 31.8 Å². The van der Waals surface area contributed by atoms with Crippen molar-refractivity contribution in [2.24, 2.45) is 10.2 Å². The number of rotatable bonds is 13. The second kappa shape index (κ2) is 13.0. The topological polar surface area (TPSA) is 88.3 Å². The Hall–Kier alpha value is -3.28. The summed E-state index contributed by atoms with van der Waals surface area (Å²) in [5.41, 5.74) is 1.36. The van der Waals surface area contributed by atoms with Gasteiger partial charge < -0.3 is 9.84 Å². The maximum Gasteiger partial charge on any atom is 0.335 e. The van der Waals surface area contributed by atoms with Crippen LogP contribution in [0, 0.1) is 0 Å². The smallest absolute Gasteiger partial charge is 0.335 e. The van der Waals surface area contributed by atoms with Gasteiger partial charge in [-0.15, -0.1) is 6.58 Å². The Kier molecular flexibility index (Phi) is 10.00. The van der Waals surface area contributed by atoms with E-state index in [1.807, 2.05) is 6.08 Å². The molecule has 30 heavy (non-hydrogen) atoms. The Bertz CT molecular complexity index is 843. The highest BCUT2D eigenvalue weighted by Gasteiger charge is 2.05. The van der Waals surface area contributed by atoms with Crippen molar-refractivity contribution >= 4 is 23.3 Å². The molecule has 0 aliphatic rings. The number of ether oxygens (including phenoxy) is 1. The van der Waals surface area contributed by atoms with Crippen molar-refractivity contribution in [1.29, 1.82) is 0 Å². The summed E-state index contributed by atoms with van der Waals surface area (Å²) in [5.74, 6) is -0.730. The second-order valence-corrected chi connectivity index (χ2v) is 6.97. The van der Waals surface area contributed by atoms with E-state index in [1.165, 1.54) is 31.4 Å². The van der Waals surface area contributed by atoms with Crippen LogP contribution in [-0.2, 0) is 4.79 Å². The van der Waals surface area contributed by atoms with Gasteiger partial charge in [-0.05, 0) is 67.8 Å². The molecule has 1 N–H and O–H groups in total. The number of carbonyl (C=O) groups is 2. The third kappa shape index (κ3) is 8.82. The first-order valence-electron chi connectivity index (χ1n) is 10.3. The first-order chi connectivity index (χ1) is 14.6. The summed E-state index contributed by atoms with van der Waals surface area (Å²) in [7, 11) is 0. The van der Waals surface area contributed by atoms with Crippen molar-refractivity contribution in [3.8, 4) is 5.75 Å². The molecule has 0 atom stereocenters. The van der Waals surface area contributed by atoms with Crippen LogP contribution in [0.4, 0.5) is 11.4 Å². The highest BCUT2D eigenvalue weighted by atomic mass is 16.5. The molecule has 0 saturated carbocycles. The molecule has 0 bridgehead atoms. The normalized spacial score (nSPS) is 10.8. The van der Waals surface area contributed by atoms with Gasteiger partial charge in [0.2, 0.25) is 0 Å². The molecule has 0 aromatic heterocycles. The summed E-state index contributed by atoms with van der Waals surface area (Å²) in [5, 5.41) is 17.1. The molecular weight excluding hydrogens is 380 g/mol. The van der Waals surface area contributed by atoms with Crippen LogP contribution in [-0.4, -0.2) is 17.0 Å². The molecule has 0 amide bonds. The number of benzene rings is 2. The molecule has 2 rings (SSSR count). The maximum absolute atomic E-state index is 11.9. The van der Waals surface area contributed by atoms with Crippen molar-refractivity contribution < 1.29 is 19.4 Å². The third-order valence-corrected chi connectivity index (χ3v) is 4.50. The van der Waals surface area contributed by atoms with Crippen LogP contribution < -0.4 is 4.74 Å². The number of unbranched alkanes of at least 4 members (excludes halogenated alkanes) is 6. The van der Waals surface area contributed by atoms with Crippen molar-refractivity contribution in [1.82, 2.24) is 0 Å². The van der Waals surface area contributed by atoms with Gasteiger partial charge in [-0.2, -0.15) is 10.2 Å². The van der Waals surface area contributed by atoms with Crippen LogP contribution in [0.25, 0.3) is 0 Å². The zero-order valence-corrected chi connectivity index (χ0v) is 17.1. The molecular formula is C24H28N2O4. The van der Waals surface area contributed by atoms with Gasteiger partial charge in [-0.3, -0.25) is 4.79 Å². The van der Waals surface area contributed by atoms with Gasteiger partial charge in [0, 0.05) is 6.42 Å². The van der Waals surface area contributed by atoms with Crippen molar-refractivity contribution in [3.05, 3.63) is 66.7 Å². The summed E-state index contributed by atoms with van der Waals surface area (Å²) in [4.78, 5) is 22.8. The fourth-order valence-electron chi connectivity index (χ4n) is 2.81. The zero-order chi connectivity index (χ0) is 21.6. The molecule has 0 heterocycles. The lowest BCUT2D eigenvalue weighted by atomic mass is 10.1. The lowest BCUT2D eigenvalue weighted by Crippen LogP contribution is -2.07. The van der Waals surface area contributed by atoms with Crippen LogP contribution in [0.15, 0.2) is 71.4 Å². The number of allylic oxidation sites excluding steroid dienone is 1. The number of hydrogen-bond donors (Lipinski definition) is 1. The molecule has 0 spiro atoms. The molecule has 0 unspecified atom stereocenters. The van der Waals surface area contributed by atoms with Crippen LogP contribution in [0.2, 0.25) is 0 Å². The molecule has 0 aliphatic carbocycles. The van der Waals surface area contributed by atoms with E-state index in [-0.39, 0.29) is 11.5 Å². The number of carboxylic acid groups (broad SMARTS) is 1. The van der Waals surface area contributed by atoms with Crippen LogP contribution in [0.5, 0.6) is 5.75 Å². The predicted molar refractivity (Wildman–Crippen MR) is 117 cm³/mol. The van der Waals surface area contributed by atoms with E-state index in [4.69, 9.17) is 9.84 Å². The maximum atomic E-state index is 11.9. The van der Waals surface area contributed by atoms with E-state index in [9.17, 15) is 9.59 Å². The molecule has 0 aliphatic heterocycles. The summed E-state index contributed by atoms with van der Waals surface area (Å²) >= 11 is 0. The van der Waals surface area contributed by atoms with E-state index in [0.717, 1.165) is 25.7 Å². The number of nitrogens with zero attached hydrogens (tertiary/aromatic N) is 2. The Morgan fingerprint density at radius 3 is 1.93 bits per heavy atom. The van der Waals surface area contributed by atoms with Gasteiger partial charge in [0.15, 0.2) is 0 Å². The highest BCUT2D eigenvalue weighted by molar-refractivity contribution is 5.87. The largest absolute Gasteiger partial charge is 0.478 e.